The number of nitrogens with zero attached hydrogens (tertiary/aromatic N) is 2. The summed E-state index contributed by atoms with van der Waals surface area (Å²) in [6, 6.07) is 7.64. The maximum atomic E-state index is 5.94. The van der Waals surface area contributed by atoms with Crippen molar-refractivity contribution < 1.29 is 0 Å². The van der Waals surface area contributed by atoms with E-state index in [0.29, 0.717) is 10.8 Å². The lowest BCUT2D eigenvalue weighted by Crippen LogP contribution is -1.92. The largest absolute Gasteiger partial charge is 0.383 e. The van der Waals surface area contributed by atoms with E-state index in [1.165, 1.54) is 6.33 Å². The smallest absolute Gasteiger partial charge is 0.143 e. The van der Waals surface area contributed by atoms with Crippen LogP contribution in [0.2, 0.25) is 5.02 Å². The minimum absolute atomic E-state index is 0.481. The average Bonchev–Trinajstić information content (AvgIpc) is 2.68. The molecule has 18 heavy (non-hydrogen) atoms. The lowest BCUT2D eigenvalue weighted by atomic mass is 10.0. The highest BCUT2D eigenvalue weighted by molar-refractivity contribution is 6.30. The Morgan fingerprint density at radius 1 is 1.17 bits per heavy atom. The number of benzene rings is 1. The molecule has 0 amide bonds. The first kappa shape index (κ1) is 11.0. The fourth-order valence-corrected chi connectivity index (χ4v) is 2.27. The van der Waals surface area contributed by atoms with E-state index in [-0.39, 0.29) is 0 Å². The molecule has 1 aromatic carbocycles. The Morgan fingerprint density at radius 2 is 1.89 bits per heavy atom. The van der Waals surface area contributed by atoms with Crippen LogP contribution in [0, 0.1) is 6.92 Å². The Bertz CT molecular complexity index is 716. The quantitative estimate of drug-likeness (QED) is 0.704. The summed E-state index contributed by atoms with van der Waals surface area (Å²) >= 11 is 5.91. The van der Waals surface area contributed by atoms with Crippen molar-refractivity contribution in [3.8, 4) is 11.1 Å². The van der Waals surface area contributed by atoms with Crippen molar-refractivity contribution in [2.24, 2.45) is 0 Å². The predicted octanol–water partition coefficient (Wildman–Crippen LogP) is 3.17. The van der Waals surface area contributed by atoms with Crippen LogP contribution < -0.4 is 5.73 Å². The standard InChI is InChI=1S/C13H11ClN4/c1-7-10(8-2-4-9(14)5-3-8)11-12(15)16-6-17-13(11)18-7/h2-6H,1H3,(H3,15,16,17,18). The van der Waals surface area contributed by atoms with E-state index < -0.39 is 0 Å². The van der Waals surface area contributed by atoms with E-state index >= 15 is 0 Å². The molecule has 2 heterocycles. The number of hydrogen-bond donors (Lipinski definition) is 2. The zero-order valence-corrected chi connectivity index (χ0v) is 10.5. The maximum Gasteiger partial charge on any atom is 0.143 e. The molecule has 0 atom stereocenters. The highest BCUT2D eigenvalue weighted by Crippen LogP contribution is 2.34. The Labute approximate surface area is 109 Å². The van der Waals surface area contributed by atoms with E-state index in [1.807, 2.05) is 31.2 Å². The van der Waals surface area contributed by atoms with Gasteiger partial charge in [0.15, 0.2) is 0 Å². The van der Waals surface area contributed by atoms with Crippen molar-refractivity contribution in [1.29, 1.82) is 0 Å². The molecule has 3 rings (SSSR count). The van der Waals surface area contributed by atoms with Gasteiger partial charge in [0, 0.05) is 16.3 Å². The van der Waals surface area contributed by atoms with Gasteiger partial charge in [-0.1, -0.05) is 23.7 Å². The van der Waals surface area contributed by atoms with Crippen molar-refractivity contribution in [1.82, 2.24) is 15.0 Å². The van der Waals surface area contributed by atoms with Gasteiger partial charge in [-0.3, -0.25) is 0 Å². The van der Waals surface area contributed by atoms with Crippen LogP contribution in [0.15, 0.2) is 30.6 Å². The first-order valence-corrected chi connectivity index (χ1v) is 5.89. The molecule has 0 radical (unpaired) electrons. The second-order valence-electron chi connectivity index (χ2n) is 4.11. The molecule has 0 aliphatic carbocycles. The number of fused-ring (bicyclic) bond motifs is 1. The van der Waals surface area contributed by atoms with E-state index in [0.717, 1.165) is 27.9 Å². The third-order valence-electron chi connectivity index (χ3n) is 2.94. The molecule has 2 aromatic heterocycles. The molecule has 0 aliphatic rings. The predicted molar refractivity (Wildman–Crippen MR) is 73.5 cm³/mol. The van der Waals surface area contributed by atoms with Crippen molar-refractivity contribution in [3.05, 3.63) is 41.3 Å². The second kappa shape index (κ2) is 3.99. The molecule has 0 saturated heterocycles. The molecule has 0 saturated carbocycles. The van der Waals surface area contributed by atoms with Crippen LogP contribution >= 0.6 is 11.6 Å². The van der Waals surface area contributed by atoms with Gasteiger partial charge in [-0.05, 0) is 24.6 Å². The van der Waals surface area contributed by atoms with Crippen molar-refractivity contribution in [2.75, 3.05) is 5.73 Å². The number of aryl methyl sites for hydroxylation is 1. The molecule has 0 aliphatic heterocycles. The van der Waals surface area contributed by atoms with Crippen LogP contribution in [-0.4, -0.2) is 15.0 Å². The fourth-order valence-electron chi connectivity index (χ4n) is 2.15. The average molecular weight is 259 g/mol. The number of nitrogens with two attached hydrogens (primary N) is 1. The Hall–Kier alpha value is -2.07. The van der Waals surface area contributed by atoms with Crippen LogP contribution in [0.4, 0.5) is 5.82 Å². The first-order chi connectivity index (χ1) is 8.66. The molecule has 90 valence electrons. The molecule has 0 bridgehead atoms. The molecular weight excluding hydrogens is 248 g/mol. The van der Waals surface area contributed by atoms with Crippen molar-refractivity contribution >= 4 is 28.5 Å². The molecule has 0 unspecified atom stereocenters. The van der Waals surface area contributed by atoms with E-state index in [4.69, 9.17) is 17.3 Å². The molecule has 0 fully saturated rings. The normalized spacial score (nSPS) is 11.0. The minimum Gasteiger partial charge on any atom is -0.383 e. The first-order valence-electron chi connectivity index (χ1n) is 5.51. The number of nitrogen functional groups attached to an aromatic ring is 1. The van der Waals surface area contributed by atoms with Crippen LogP contribution in [-0.2, 0) is 0 Å². The molecule has 0 spiro atoms. The third kappa shape index (κ3) is 1.62. The second-order valence-corrected chi connectivity index (χ2v) is 4.55. The highest BCUT2D eigenvalue weighted by Gasteiger charge is 2.14. The zero-order valence-electron chi connectivity index (χ0n) is 9.74. The van der Waals surface area contributed by atoms with Gasteiger partial charge in [0.1, 0.15) is 17.8 Å². The topological polar surface area (TPSA) is 67.6 Å². The van der Waals surface area contributed by atoms with Crippen LogP contribution in [0.1, 0.15) is 5.69 Å². The van der Waals surface area contributed by atoms with Gasteiger partial charge in [-0.25, -0.2) is 9.97 Å². The summed E-state index contributed by atoms with van der Waals surface area (Å²) in [5.74, 6) is 0.481. The molecular formula is C13H11ClN4. The molecule has 4 nitrogen and oxygen atoms in total. The number of halogens is 1. The zero-order chi connectivity index (χ0) is 12.7. The molecule has 3 N–H and O–H groups in total. The van der Waals surface area contributed by atoms with Crippen LogP contribution in [0.25, 0.3) is 22.2 Å². The van der Waals surface area contributed by atoms with Crippen LogP contribution in [0.3, 0.4) is 0 Å². The minimum atomic E-state index is 0.481. The number of aromatic nitrogens is 3. The maximum absolute atomic E-state index is 5.94. The Morgan fingerprint density at radius 3 is 2.61 bits per heavy atom. The number of rotatable bonds is 1. The Kier molecular flexibility index (Phi) is 2.45. The van der Waals surface area contributed by atoms with Gasteiger partial charge in [-0.2, -0.15) is 0 Å². The van der Waals surface area contributed by atoms with Gasteiger partial charge in [0.25, 0.3) is 0 Å². The lowest BCUT2D eigenvalue weighted by Gasteiger charge is -2.03. The summed E-state index contributed by atoms with van der Waals surface area (Å²) in [4.78, 5) is 11.5. The van der Waals surface area contributed by atoms with Gasteiger partial charge >= 0.3 is 0 Å². The van der Waals surface area contributed by atoms with Crippen molar-refractivity contribution in [3.63, 3.8) is 0 Å². The van der Waals surface area contributed by atoms with Gasteiger partial charge in [0.05, 0.1) is 5.39 Å². The summed E-state index contributed by atoms with van der Waals surface area (Å²) in [5, 5.41) is 1.57. The summed E-state index contributed by atoms with van der Waals surface area (Å²) < 4.78 is 0. The SMILES string of the molecule is Cc1[nH]c2ncnc(N)c2c1-c1ccc(Cl)cc1. The van der Waals surface area contributed by atoms with Crippen molar-refractivity contribution in [2.45, 2.75) is 6.92 Å². The van der Waals surface area contributed by atoms with E-state index in [2.05, 4.69) is 15.0 Å². The third-order valence-corrected chi connectivity index (χ3v) is 3.19. The number of hydrogen-bond acceptors (Lipinski definition) is 3. The number of anilines is 1. The van der Waals surface area contributed by atoms with Gasteiger partial charge < -0.3 is 10.7 Å². The highest BCUT2D eigenvalue weighted by atomic mass is 35.5. The van der Waals surface area contributed by atoms with Gasteiger partial charge in [-0.15, -0.1) is 0 Å². The fraction of sp³-hybridized carbons (Fsp3) is 0.0769. The Balaban J connectivity index is 2.34. The molecule has 5 heteroatoms. The summed E-state index contributed by atoms with van der Waals surface area (Å²) in [6.07, 6.45) is 1.46. The van der Waals surface area contributed by atoms with E-state index in [1.54, 1.807) is 0 Å². The van der Waals surface area contributed by atoms with E-state index in [9.17, 15) is 0 Å². The van der Waals surface area contributed by atoms with Crippen LogP contribution in [0.5, 0.6) is 0 Å². The molecule has 3 aromatic rings. The van der Waals surface area contributed by atoms with Gasteiger partial charge in [0.2, 0.25) is 0 Å². The number of nitrogens with one attached hydrogen (secondary N) is 1. The summed E-state index contributed by atoms with van der Waals surface area (Å²) in [5.41, 5.74) is 9.78. The number of H-pyrrole nitrogens is 1. The monoisotopic (exact) mass is 258 g/mol. The lowest BCUT2D eigenvalue weighted by molar-refractivity contribution is 1.19. The summed E-state index contributed by atoms with van der Waals surface area (Å²) in [6.45, 7) is 1.99. The number of aromatic amines is 1. The summed E-state index contributed by atoms with van der Waals surface area (Å²) in [7, 11) is 0.